The maximum atomic E-state index is 8.00. The second-order valence-corrected chi connectivity index (χ2v) is 2.02. The van der Waals surface area contributed by atoms with Gasteiger partial charge in [0.15, 0.2) is 0 Å². The summed E-state index contributed by atoms with van der Waals surface area (Å²) < 4.78 is 0. The van der Waals surface area contributed by atoms with Crippen molar-refractivity contribution < 1.29 is 4.79 Å². The minimum Gasteiger partial charge on any atom is -0.316 e. The quantitative estimate of drug-likeness (QED) is 0.688. The van der Waals surface area contributed by atoms with Gasteiger partial charge in [0, 0.05) is 6.54 Å². The molecule has 2 heteroatoms. The lowest BCUT2D eigenvalue weighted by atomic mass is 10.2. The number of carbonyl (C=O) groups excluding carboxylic acids is 1. The maximum Gasteiger partial charge on any atom is 0.106 e. The van der Waals surface area contributed by atoms with Crippen LogP contribution in [0.4, 0.5) is 0 Å². The van der Waals surface area contributed by atoms with E-state index < -0.39 is 0 Å². The van der Waals surface area contributed by atoms with Crippen LogP contribution in [0, 0.1) is 0 Å². The van der Waals surface area contributed by atoms with Gasteiger partial charge in [-0.25, -0.2) is 0 Å². The maximum absolute atomic E-state index is 8.00. The Morgan fingerprint density at radius 3 is 2.27 bits per heavy atom. The summed E-state index contributed by atoms with van der Waals surface area (Å²) in [5, 5.41) is 3.08. The third-order valence-corrected chi connectivity index (χ3v) is 1.22. The highest BCUT2D eigenvalue weighted by Crippen LogP contribution is 1.95. The minimum absolute atomic E-state index is 0.959. The van der Waals surface area contributed by atoms with Gasteiger partial charge >= 0.3 is 0 Å². The Bertz CT molecular complexity index is 174. The second-order valence-electron chi connectivity index (χ2n) is 2.02. The number of rotatable bonds is 2. The van der Waals surface area contributed by atoms with Crippen LogP contribution in [0.15, 0.2) is 30.3 Å². The zero-order chi connectivity index (χ0) is 8.53. The van der Waals surface area contributed by atoms with Crippen LogP contribution >= 0.6 is 0 Å². The molecule has 0 fully saturated rings. The van der Waals surface area contributed by atoms with Gasteiger partial charge in [-0.3, -0.25) is 0 Å². The molecule has 60 valence electrons. The van der Waals surface area contributed by atoms with E-state index in [1.54, 1.807) is 0 Å². The van der Waals surface area contributed by atoms with Crippen LogP contribution in [-0.4, -0.2) is 13.8 Å². The fraction of sp³-hybridized carbons (Fsp3) is 0.222. The first-order valence-corrected chi connectivity index (χ1v) is 3.41. The molecule has 1 aromatic rings. The number of hydrogen-bond donors (Lipinski definition) is 1. The summed E-state index contributed by atoms with van der Waals surface area (Å²) in [6.07, 6.45) is 0. The van der Waals surface area contributed by atoms with E-state index in [0.29, 0.717) is 0 Å². The van der Waals surface area contributed by atoms with Gasteiger partial charge in [0.05, 0.1) is 0 Å². The van der Waals surface area contributed by atoms with Crippen molar-refractivity contribution in [2.75, 3.05) is 7.05 Å². The predicted octanol–water partition coefficient (Wildman–Crippen LogP) is 1.22. The molecule has 0 aromatic heterocycles. The number of nitrogens with one attached hydrogen (secondary N) is 1. The summed E-state index contributed by atoms with van der Waals surface area (Å²) in [5.74, 6) is 0. The Labute approximate surface area is 67.2 Å². The van der Waals surface area contributed by atoms with E-state index in [4.69, 9.17) is 4.79 Å². The molecule has 0 saturated carbocycles. The van der Waals surface area contributed by atoms with Gasteiger partial charge in [-0.1, -0.05) is 30.3 Å². The standard InChI is InChI=1S/C8H11N.CH2O/c1-9-7-8-5-3-2-4-6-8;1-2/h2-6,9H,7H2,1H3;1H2. The Balaban J connectivity index is 0.000000461. The summed E-state index contributed by atoms with van der Waals surface area (Å²) in [6, 6.07) is 10.3. The fourth-order valence-electron chi connectivity index (χ4n) is 0.800. The smallest absolute Gasteiger partial charge is 0.106 e. The molecule has 0 radical (unpaired) electrons. The van der Waals surface area contributed by atoms with Crippen molar-refractivity contribution in [2.24, 2.45) is 0 Å². The molecule has 11 heavy (non-hydrogen) atoms. The molecule has 0 unspecified atom stereocenters. The summed E-state index contributed by atoms with van der Waals surface area (Å²) in [7, 11) is 1.95. The molecule has 0 amide bonds. The molecule has 0 heterocycles. The molecule has 0 bridgehead atoms. The van der Waals surface area contributed by atoms with Crippen molar-refractivity contribution in [3.05, 3.63) is 35.9 Å². The summed E-state index contributed by atoms with van der Waals surface area (Å²) in [4.78, 5) is 8.00. The van der Waals surface area contributed by atoms with Crippen LogP contribution in [0.2, 0.25) is 0 Å². The van der Waals surface area contributed by atoms with Gasteiger partial charge in [0.25, 0.3) is 0 Å². The van der Waals surface area contributed by atoms with E-state index in [9.17, 15) is 0 Å². The normalized spacial score (nSPS) is 8.09. The lowest BCUT2D eigenvalue weighted by Crippen LogP contribution is -2.04. The zero-order valence-electron chi connectivity index (χ0n) is 6.71. The minimum atomic E-state index is 0.959. The van der Waals surface area contributed by atoms with Crippen LogP contribution in [0.25, 0.3) is 0 Å². The lowest BCUT2D eigenvalue weighted by Gasteiger charge is -1.95. The van der Waals surface area contributed by atoms with E-state index in [1.807, 2.05) is 32.0 Å². The number of carbonyl (C=O) groups is 1. The highest BCUT2D eigenvalue weighted by atomic mass is 16.1. The van der Waals surface area contributed by atoms with Crippen LogP contribution < -0.4 is 5.32 Å². The average molecular weight is 151 g/mol. The van der Waals surface area contributed by atoms with E-state index in [-0.39, 0.29) is 0 Å². The average Bonchev–Trinajstić information content (AvgIpc) is 2.11. The van der Waals surface area contributed by atoms with Crippen molar-refractivity contribution in [3.8, 4) is 0 Å². The van der Waals surface area contributed by atoms with Gasteiger partial charge in [-0.2, -0.15) is 0 Å². The highest BCUT2D eigenvalue weighted by molar-refractivity contribution is 5.13. The number of benzene rings is 1. The first-order chi connectivity index (χ1) is 5.43. The molecule has 1 N–H and O–H groups in total. The van der Waals surface area contributed by atoms with Crippen molar-refractivity contribution in [1.29, 1.82) is 0 Å². The zero-order valence-corrected chi connectivity index (χ0v) is 6.71. The van der Waals surface area contributed by atoms with Crippen molar-refractivity contribution in [3.63, 3.8) is 0 Å². The molecule has 1 aromatic carbocycles. The van der Waals surface area contributed by atoms with Crippen LogP contribution in [0.1, 0.15) is 5.56 Å². The van der Waals surface area contributed by atoms with Crippen LogP contribution in [0.5, 0.6) is 0 Å². The largest absolute Gasteiger partial charge is 0.316 e. The third kappa shape index (κ3) is 4.28. The molecule has 0 atom stereocenters. The Hall–Kier alpha value is -1.15. The fourth-order valence-corrected chi connectivity index (χ4v) is 0.800. The van der Waals surface area contributed by atoms with Gasteiger partial charge in [-0.15, -0.1) is 0 Å². The molecule has 0 aliphatic carbocycles. The molecule has 0 aliphatic heterocycles. The molecule has 0 aliphatic rings. The summed E-state index contributed by atoms with van der Waals surface area (Å²) in [5.41, 5.74) is 1.33. The van der Waals surface area contributed by atoms with E-state index >= 15 is 0 Å². The monoisotopic (exact) mass is 151 g/mol. The molecule has 1 rings (SSSR count). The van der Waals surface area contributed by atoms with E-state index in [1.165, 1.54) is 5.56 Å². The first-order valence-electron chi connectivity index (χ1n) is 3.41. The van der Waals surface area contributed by atoms with Gasteiger partial charge < -0.3 is 10.1 Å². The molecule has 0 spiro atoms. The Kier molecular flexibility index (Phi) is 6.24. The Morgan fingerprint density at radius 2 is 1.82 bits per heavy atom. The van der Waals surface area contributed by atoms with E-state index in [0.717, 1.165) is 6.54 Å². The van der Waals surface area contributed by atoms with Crippen molar-refractivity contribution in [1.82, 2.24) is 5.32 Å². The van der Waals surface area contributed by atoms with Gasteiger partial charge in [0.2, 0.25) is 0 Å². The van der Waals surface area contributed by atoms with Crippen molar-refractivity contribution in [2.45, 2.75) is 6.54 Å². The first kappa shape index (κ1) is 9.85. The lowest BCUT2D eigenvalue weighted by molar-refractivity contribution is -0.0979. The number of hydrogen-bond acceptors (Lipinski definition) is 2. The molecular formula is C9H13NO. The van der Waals surface area contributed by atoms with Gasteiger partial charge in [0.1, 0.15) is 6.79 Å². The van der Waals surface area contributed by atoms with Crippen LogP contribution in [-0.2, 0) is 11.3 Å². The van der Waals surface area contributed by atoms with Crippen LogP contribution in [0.3, 0.4) is 0 Å². The van der Waals surface area contributed by atoms with Crippen molar-refractivity contribution >= 4 is 6.79 Å². The SMILES string of the molecule is C=O.CNCc1ccccc1. The van der Waals surface area contributed by atoms with E-state index in [2.05, 4.69) is 17.4 Å². The summed E-state index contributed by atoms with van der Waals surface area (Å²) in [6.45, 7) is 2.96. The summed E-state index contributed by atoms with van der Waals surface area (Å²) >= 11 is 0. The molecular weight excluding hydrogens is 138 g/mol. The predicted molar refractivity (Wildman–Crippen MR) is 46.3 cm³/mol. The highest BCUT2D eigenvalue weighted by Gasteiger charge is 1.83. The third-order valence-electron chi connectivity index (χ3n) is 1.22. The molecule has 0 saturated heterocycles. The topological polar surface area (TPSA) is 29.1 Å². The molecule has 2 nitrogen and oxygen atoms in total. The van der Waals surface area contributed by atoms with Gasteiger partial charge in [-0.05, 0) is 12.6 Å². The Morgan fingerprint density at radius 1 is 1.27 bits per heavy atom. The second kappa shape index (κ2) is 6.96.